The molecule has 2 fully saturated rings. The van der Waals surface area contributed by atoms with Gasteiger partial charge in [-0.3, -0.25) is 13.5 Å². The van der Waals surface area contributed by atoms with Crippen molar-refractivity contribution in [3.8, 4) is 0 Å². The smallest absolute Gasteiger partial charge is 0.217 e. The monoisotopic (exact) mass is 423 g/mol. The Bertz CT molecular complexity index is 940. The van der Waals surface area contributed by atoms with Gasteiger partial charge < -0.3 is 4.55 Å². The van der Waals surface area contributed by atoms with Crippen molar-refractivity contribution in [3.63, 3.8) is 0 Å². The first-order valence-corrected chi connectivity index (χ1v) is 11.1. The molecule has 0 radical (unpaired) electrons. The molecule has 6 nitrogen and oxygen atoms in total. The van der Waals surface area contributed by atoms with Gasteiger partial charge in [-0.1, -0.05) is 20.8 Å². The summed E-state index contributed by atoms with van der Waals surface area (Å²) in [5.41, 5.74) is 4.75. The van der Waals surface area contributed by atoms with Crippen LogP contribution in [0.2, 0.25) is 0 Å². The van der Waals surface area contributed by atoms with Crippen molar-refractivity contribution in [1.29, 1.82) is 0 Å². The molecule has 1 aromatic carbocycles. The van der Waals surface area contributed by atoms with E-state index in [4.69, 9.17) is 0 Å². The van der Waals surface area contributed by atoms with Crippen molar-refractivity contribution in [2.75, 3.05) is 28.3 Å². The molecule has 7 heteroatoms. The van der Waals surface area contributed by atoms with Gasteiger partial charge in [0.15, 0.2) is 5.78 Å². The Morgan fingerprint density at radius 2 is 1.76 bits per heavy atom. The van der Waals surface area contributed by atoms with E-state index in [0.29, 0.717) is 11.7 Å². The van der Waals surface area contributed by atoms with Crippen molar-refractivity contribution in [2.45, 2.75) is 40.5 Å². The lowest BCUT2D eigenvalue weighted by Gasteiger charge is -2.31. The van der Waals surface area contributed by atoms with Crippen LogP contribution in [0, 0.1) is 23.7 Å². The molecule has 2 saturated carbocycles. The van der Waals surface area contributed by atoms with Gasteiger partial charge in [-0.15, -0.1) is 0 Å². The number of ketones is 1. The third-order valence-electron chi connectivity index (χ3n) is 6.83. The lowest BCUT2D eigenvalue weighted by atomic mass is 9.70. The van der Waals surface area contributed by atoms with Gasteiger partial charge in [0.1, 0.15) is 5.69 Å². The highest BCUT2D eigenvalue weighted by molar-refractivity contribution is 7.80. The summed E-state index contributed by atoms with van der Waals surface area (Å²) in [5, 5.41) is 0. The summed E-state index contributed by atoms with van der Waals surface area (Å²) in [6.45, 7) is 8.87. The van der Waals surface area contributed by atoms with Gasteiger partial charge in [0.2, 0.25) is 10.4 Å². The average molecular weight is 424 g/mol. The normalized spacial score (nSPS) is 27.1. The molecule has 1 aromatic rings. The highest BCUT2D eigenvalue weighted by Crippen LogP contribution is 2.65. The van der Waals surface area contributed by atoms with Crippen LogP contribution >= 0.6 is 0 Å². The van der Waals surface area contributed by atoms with Gasteiger partial charge >= 0.3 is 0 Å². The Morgan fingerprint density at radius 1 is 1.21 bits per heavy atom. The number of fused-ring (bicyclic) bond motifs is 2. The first-order valence-electron chi connectivity index (χ1n) is 9.75. The minimum Gasteiger partial charge on any atom is -0.726 e. The first kappa shape index (κ1) is 23.7. The minimum absolute atomic E-state index is 0.0905. The number of rotatable bonds is 3. The second kappa shape index (κ2) is 7.61. The zero-order chi connectivity index (χ0) is 22.4. The summed E-state index contributed by atoms with van der Waals surface area (Å²) in [6.07, 6.45) is 4.35. The quantitative estimate of drug-likeness (QED) is 0.320. The van der Waals surface area contributed by atoms with E-state index >= 15 is 0 Å². The fraction of sp³-hybridized carbons (Fsp3) is 0.591. The second-order valence-electron chi connectivity index (χ2n) is 9.71. The minimum atomic E-state index is -4.41. The number of Topliss-reactive ketones (excluding diaryl/α,β-unsaturated/α-hetero) is 1. The molecular formula is C22H33NO5S. The number of nitrogens with zero attached hydrogens (tertiary/aromatic N) is 1. The number of allylic oxidation sites excluding steroid dienone is 1. The summed E-state index contributed by atoms with van der Waals surface area (Å²) in [5.74, 6) is 0.797. The van der Waals surface area contributed by atoms with Crippen LogP contribution in [0.4, 0.5) is 5.69 Å². The third-order valence-corrected chi connectivity index (χ3v) is 7.24. The zero-order valence-electron chi connectivity index (χ0n) is 18.7. The van der Waals surface area contributed by atoms with Crippen molar-refractivity contribution in [1.82, 2.24) is 4.48 Å². The second-order valence-corrected chi connectivity index (χ2v) is 10.9. The Hall–Kier alpha value is -1.54. The van der Waals surface area contributed by atoms with Crippen LogP contribution in [-0.2, 0) is 19.4 Å². The van der Waals surface area contributed by atoms with Crippen LogP contribution in [0.5, 0.6) is 0 Å². The van der Waals surface area contributed by atoms with Gasteiger partial charge in [0, 0.05) is 11.0 Å². The maximum atomic E-state index is 12.9. The maximum Gasteiger partial charge on any atom is 0.217 e. The van der Waals surface area contributed by atoms with Gasteiger partial charge in [-0.05, 0) is 66.5 Å². The van der Waals surface area contributed by atoms with Crippen LogP contribution in [0.1, 0.15) is 44.7 Å². The van der Waals surface area contributed by atoms with Crippen molar-refractivity contribution in [2.24, 2.45) is 16.7 Å². The Labute approximate surface area is 175 Å². The van der Waals surface area contributed by atoms with Crippen LogP contribution in [0.15, 0.2) is 23.8 Å². The molecule has 2 bridgehead atoms. The van der Waals surface area contributed by atoms with Gasteiger partial charge in [0.25, 0.3) is 0 Å². The molecule has 0 spiro atoms. The van der Waals surface area contributed by atoms with Crippen LogP contribution in [-0.4, -0.2) is 47.0 Å². The van der Waals surface area contributed by atoms with Gasteiger partial charge in [-0.25, -0.2) is 8.42 Å². The van der Waals surface area contributed by atoms with Crippen molar-refractivity contribution >= 4 is 27.9 Å². The fourth-order valence-electron chi connectivity index (χ4n) is 4.79. The largest absolute Gasteiger partial charge is 0.726 e. The number of hydrogen-bond donors (Lipinski definition) is 0. The van der Waals surface area contributed by atoms with E-state index in [1.165, 1.54) is 11.3 Å². The van der Waals surface area contributed by atoms with E-state index in [1.54, 1.807) is 0 Å². The standard InChI is InChI=1S/C21H30NO.CH4O4S/c1-14-12-15(8-9-18(14)22(5,6)7)13-16-17-10-11-21(4,19(16)23)20(17,2)3;1-5-6(2,3)4/h8-9,12-13,17H,10-11H2,1-7H3;1H3,(H,2,3,4)/q+1;/p-1. The highest BCUT2D eigenvalue weighted by atomic mass is 32.3. The molecule has 0 heterocycles. The SMILES string of the molecule is COS(=O)(=O)[O-].Cc1cc(C=C2C(=O)C3(C)CCC2C3(C)C)ccc1[N+](C)(C)C. The molecule has 0 aliphatic heterocycles. The number of carbonyl (C=O) groups excluding carboxylic acids is 1. The lowest BCUT2D eigenvalue weighted by Crippen LogP contribution is -2.35. The molecule has 2 atom stereocenters. The molecule has 0 N–H and O–H groups in total. The number of hydrogen-bond acceptors (Lipinski definition) is 5. The predicted octanol–water partition coefficient (Wildman–Crippen LogP) is 3.69. The number of benzene rings is 1. The fourth-order valence-corrected chi connectivity index (χ4v) is 4.79. The van der Waals surface area contributed by atoms with E-state index in [2.05, 4.69) is 77.3 Å². The molecule has 3 rings (SSSR count). The first-order chi connectivity index (χ1) is 13.0. The number of aryl methyl sites for hydroxylation is 1. The van der Waals surface area contributed by atoms with E-state index < -0.39 is 10.4 Å². The van der Waals surface area contributed by atoms with Crippen molar-refractivity contribution < 1.29 is 21.9 Å². The lowest BCUT2D eigenvalue weighted by molar-refractivity contribution is -0.125. The molecule has 162 valence electrons. The van der Waals surface area contributed by atoms with Gasteiger partial charge in [0.05, 0.1) is 28.3 Å². The van der Waals surface area contributed by atoms with E-state index in [9.17, 15) is 17.8 Å². The summed E-state index contributed by atoms with van der Waals surface area (Å²) in [7, 11) is 2.95. The molecule has 2 unspecified atom stereocenters. The Kier molecular flexibility index (Phi) is 6.23. The average Bonchev–Trinajstić information content (AvgIpc) is 2.88. The van der Waals surface area contributed by atoms with Crippen LogP contribution < -0.4 is 4.48 Å². The maximum absolute atomic E-state index is 12.9. The van der Waals surface area contributed by atoms with Crippen LogP contribution in [0.25, 0.3) is 6.08 Å². The molecule has 2 aliphatic carbocycles. The van der Waals surface area contributed by atoms with E-state index in [0.717, 1.165) is 35.6 Å². The molecule has 2 aliphatic rings. The Morgan fingerprint density at radius 3 is 2.14 bits per heavy atom. The molecule has 0 saturated heterocycles. The topological polar surface area (TPSA) is 83.5 Å². The predicted molar refractivity (Wildman–Crippen MR) is 115 cm³/mol. The summed E-state index contributed by atoms with van der Waals surface area (Å²) < 4.78 is 31.8. The molecule has 0 aromatic heterocycles. The summed E-state index contributed by atoms with van der Waals surface area (Å²) in [6, 6.07) is 6.58. The molecule has 0 amide bonds. The van der Waals surface area contributed by atoms with Crippen LogP contribution in [0.3, 0.4) is 0 Å². The van der Waals surface area contributed by atoms with Crippen molar-refractivity contribution in [3.05, 3.63) is 34.9 Å². The van der Waals surface area contributed by atoms with E-state index in [-0.39, 0.29) is 10.8 Å². The summed E-state index contributed by atoms with van der Waals surface area (Å²) in [4.78, 5) is 12.9. The third kappa shape index (κ3) is 4.48. The highest BCUT2D eigenvalue weighted by Gasteiger charge is 2.63. The van der Waals surface area contributed by atoms with Gasteiger partial charge in [-0.2, -0.15) is 0 Å². The van der Waals surface area contributed by atoms with E-state index in [1.807, 2.05) is 0 Å². The zero-order valence-corrected chi connectivity index (χ0v) is 19.5. The summed E-state index contributed by atoms with van der Waals surface area (Å²) >= 11 is 0. The number of carbonyl (C=O) groups is 1. The Balaban J connectivity index is 0.000000438. The molecular weight excluding hydrogens is 390 g/mol. The molecule has 29 heavy (non-hydrogen) atoms. The number of quaternary nitrogens is 1.